The number of carbonyl (C=O) groups is 2. The maximum absolute atomic E-state index is 11.8. The third-order valence-corrected chi connectivity index (χ3v) is 8.35. The third-order valence-electron chi connectivity index (χ3n) is 7.54. The summed E-state index contributed by atoms with van der Waals surface area (Å²) in [5.41, 5.74) is 2.54. The minimum Gasteiger partial charge on any atom is -0.457 e. The smallest absolute Gasteiger partial charge is 0.290 e. The number of hydrogen-bond donors (Lipinski definition) is 1. The number of benzene rings is 2. The lowest BCUT2D eigenvalue weighted by Crippen LogP contribution is -2.48. The molecule has 5 fully saturated rings. The summed E-state index contributed by atoms with van der Waals surface area (Å²) >= 11 is 0.935. The quantitative estimate of drug-likeness (QED) is 0.580. The molecule has 4 nitrogen and oxygen atoms in total. The molecule has 158 valence electrons. The summed E-state index contributed by atoms with van der Waals surface area (Å²) in [5, 5.41) is 1.96. The molecule has 4 saturated carbocycles. The zero-order valence-corrected chi connectivity index (χ0v) is 18.1. The van der Waals surface area contributed by atoms with Crippen molar-refractivity contribution >= 4 is 29.0 Å². The van der Waals surface area contributed by atoms with Crippen LogP contribution in [0.3, 0.4) is 0 Å². The lowest BCUT2D eigenvalue weighted by atomic mass is 9.48. The van der Waals surface area contributed by atoms with Crippen molar-refractivity contribution in [3.8, 4) is 11.5 Å². The van der Waals surface area contributed by atoms with Crippen molar-refractivity contribution in [3.63, 3.8) is 0 Å². The Morgan fingerprint density at radius 1 is 0.903 bits per heavy atom. The molecule has 0 spiro atoms. The molecule has 4 bridgehead atoms. The van der Waals surface area contributed by atoms with Gasteiger partial charge in [-0.15, -0.1) is 0 Å². The van der Waals surface area contributed by atoms with Crippen molar-refractivity contribution in [1.29, 1.82) is 0 Å². The van der Waals surface area contributed by atoms with Gasteiger partial charge in [-0.2, -0.15) is 0 Å². The molecule has 2 amide bonds. The van der Waals surface area contributed by atoms with E-state index in [1.807, 2.05) is 24.3 Å². The van der Waals surface area contributed by atoms with Gasteiger partial charge in [0.1, 0.15) is 11.5 Å². The highest BCUT2D eigenvalue weighted by Gasteiger charge is 2.52. The minimum absolute atomic E-state index is 0.287. The van der Waals surface area contributed by atoms with Crippen LogP contribution in [0.5, 0.6) is 11.5 Å². The van der Waals surface area contributed by atoms with E-state index in [-0.39, 0.29) is 16.6 Å². The van der Waals surface area contributed by atoms with E-state index in [4.69, 9.17) is 4.74 Å². The van der Waals surface area contributed by atoms with Crippen molar-refractivity contribution in [3.05, 3.63) is 64.6 Å². The zero-order chi connectivity index (χ0) is 21.0. The van der Waals surface area contributed by atoms with Gasteiger partial charge in [-0.05, 0) is 103 Å². The summed E-state index contributed by atoms with van der Waals surface area (Å²) in [6.45, 7) is 0. The average Bonchev–Trinajstić information content (AvgIpc) is 3.05. The van der Waals surface area contributed by atoms with E-state index in [0.29, 0.717) is 4.91 Å². The topological polar surface area (TPSA) is 55.4 Å². The lowest BCUT2D eigenvalue weighted by molar-refractivity contribution is -0.115. The Balaban J connectivity index is 1.25. The van der Waals surface area contributed by atoms with Crippen LogP contribution in [-0.4, -0.2) is 11.1 Å². The molecule has 1 saturated heterocycles. The SMILES string of the molecule is O=C1NC(=O)C(=Cc2ccc(Oc3ccccc3C34CC5CC(CC(C5)C3)C4)cc2)S1. The standard InChI is InChI=1S/C26H25NO3S/c28-24-23(31-25(29)27-24)12-16-5-7-20(8-6-16)30-22-4-2-1-3-21(22)26-13-17-9-18(14-26)11-19(10-17)15-26/h1-8,12,17-19H,9-11,13-15H2,(H,27,28,29). The van der Waals surface area contributed by atoms with Gasteiger partial charge < -0.3 is 4.74 Å². The van der Waals surface area contributed by atoms with Crippen LogP contribution in [0.25, 0.3) is 6.08 Å². The highest BCUT2D eigenvalue weighted by molar-refractivity contribution is 8.18. The Morgan fingerprint density at radius 2 is 1.55 bits per heavy atom. The first-order valence-corrected chi connectivity index (χ1v) is 12.0. The normalized spacial score (nSPS) is 32.5. The van der Waals surface area contributed by atoms with Crippen LogP contribution in [0.2, 0.25) is 0 Å². The first-order chi connectivity index (χ1) is 15.1. The second-order valence-corrected chi connectivity index (χ2v) is 10.7. The number of ether oxygens (including phenoxy) is 1. The summed E-state index contributed by atoms with van der Waals surface area (Å²) in [7, 11) is 0. The van der Waals surface area contributed by atoms with Gasteiger partial charge in [0.2, 0.25) is 0 Å². The molecule has 0 radical (unpaired) electrons. The number of thioether (sulfide) groups is 1. The van der Waals surface area contributed by atoms with Gasteiger partial charge >= 0.3 is 0 Å². The van der Waals surface area contributed by atoms with Gasteiger partial charge in [-0.1, -0.05) is 30.3 Å². The highest BCUT2D eigenvalue weighted by atomic mass is 32.2. The third kappa shape index (κ3) is 3.49. The number of rotatable bonds is 4. The number of nitrogens with one attached hydrogen (secondary N) is 1. The molecule has 0 aromatic heterocycles. The van der Waals surface area contributed by atoms with Gasteiger partial charge in [0, 0.05) is 5.56 Å². The number of carbonyl (C=O) groups excluding carboxylic acids is 2. The monoisotopic (exact) mass is 431 g/mol. The maximum Gasteiger partial charge on any atom is 0.290 e. The van der Waals surface area contributed by atoms with E-state index >= 15 is 0 Å². The molecule has 2 aromatic rings. The van der Waals surface area contributed by atoms with E-state index in [0.717, 1.165) is 46.6 Å². The zero-order valence-electron chi connectivity index (χ0n) is 17.3. The lowest BCUT2D eigenvalue weighted by Gasteiger charge is -2.57. The first-order valence-electron chi connectivity index (χ1n) is 11.2. The van der Waals surface area contributed by atoms with Crippen molar-refractivity contribution in [2.75, 3.05) is 0 Å². The predicted octanol–water partition coefficient (Wildman–Crippen LogP) is 6.27. The molecule has 2 aromatic carbocycles. The predicted molar refractivity (Wildman–Crippen MR) is 122 cm³/mol. The van der Waals surface area contributed by atoms with Gasteiger partial charge in [0.15, 0.2) is 0 Å². The van der Waals surface area contributed by atoms with Crippen LogP contribution >= 0.6 is 11.8 Å². The van der Waals surface area contributed by atoms with E-state index < -0.39 is 0 Å². The van der Waals surface area contributed by atoms with E-state index in [9.17, 15) is 9.59 Å². The fraction of sp³-hybridized carbons (Fsp3) is 0.385. The molecule has 4 aliphatic carbocycles. The molecule has 7 rings (SSSR count). The van der Waals surface area contributed by atoms with E-state index in [1.165, 1.54) is 44.1 Å². The average molecular weight is 432 g/mol. The van der Waals surface area contributed by atoms with Crippen LogP contribution < -0.4 is 10.1 Å². The Hall–Kier alpha value is -2.53. The summed E-state index contributed by atoms with van der Waals surface area (Å²) in [4.78, 5) is 23.5. The Bertz CT molecular complexity index is 1050. The first kappa shape index (κ1) is 19.2. The highest BCUT2D eigenvalue weighted by Crippen LogP contribution is 2.62. The number of amides is 2. The molecule has 0 unspecified atom stereocenters. The maximum atomic E-state index is 11.8. The summed E-state index contributed by atoms with van der Waals surface area (Å²) in [5.74, 6) is 4.11. The van der Waals surface area contributed by atoms with Crippen molar-refractivity contribution in [1.82, 2.24) is 5.32 Å². The summed E-state index contributed by atoms with van der Waals surface area (Å²) < 4.78 is 6.40. The minimum atomic E-state index is -0.333. The summed E-state index contributed by atoms with van der Waals surface area (Å²) in [6.07, 6.45) is 9.96. The van der Waals surface area contributed by atoms with Crippen LogP contribution in [0.1, 0.15) is 49.7 Å². The second-order valence-electron chi connectivity index (χ2n) is 9.72. The van der Waals surface area contributed by atoms with Crippen molar-refractivity contribution in [2.45, 2.75) is 43.9 Å². The van der Waals surface area contributed by atoms with Gasteiger partial charge in [0.05, 0.1) is 4.91 Å². The Morgan fingerprint density at radius 3 is 2.16 bits per heavy atom. The van der Waals surface area contributed by atoms with E-state index in [2.05, 4.69) is 29.6 Å². The molecule has 1 aliphatic heterocycles. The molecular weight excluding hydrogens is 406 g/mol. The van der Waals surface area contributed by atoms with Crippen LogP contribution in [0, 0.1) is 17.8 Å². The number of para-hydroxylation sites is 1. The van der Waals surface area contributed by atoms with Gasteiger partial charge in [0.25, 0.3) is 11.1 Å². The Labute approximate surface area is 186 Å². The Kier molecular flexibility index (Phi) is 4.49. The fourth-order valence-corrected chi connectivity index (χ4v) is 7.45. The molecule has 1 heterocycles. The molecule has 31 heavy (non-hydrogen) atoms. The molecule has 5 aliphatic rings. The molecule has 1 N–H and O–H groups in total. The largest absolute Gasteiger partial charge is 0.457 e. The van der Waals surface area contributed by atoms with Gasteiger partial charge in [-0.3, -0.25) is 14.9 Å². The van der Waals surface area contributed by atoms with Crippen LogP contribution in [0.4, 0.5) is 4.79 Å². The fourth-order valence-electron chi connectivity index (χ4n) is 6.77. The number of hydrogen-bond acceptors (Lipinski definition) is 4. The van der Waals surface area contributed by atoms with Gasteiger partial charge in [-0.25, -0.2) is 0 Å². The van der Waals surface area contributed by atoms with Crippen LogP contribution in [-0.2, 0) is 10.2 Å². The van der Waals surface area contributed by atoms with Crippen molar-refractivity contribution < 1.29 is 14.3 Å². The summed E-state index contributed by atoms with van der Waals surface area (Å²) in [6, 6.07) is 16.3. The molecule has 0 atom stereocenters. The van der Waals surface area contributed by atoms with E-state index in [1.54, 1.807) is 6.08 Å². The number of imide groups is 1. The van der Waals surface area contributed by atoms with Crippen LogP contribution in [0.15, 0.2) is 53.4 Å². The second kappa shape index (κ2) is 7.27. The molecular formula is C26H25NO3S. The molecule has 5 heteroatoms. The van der Waals surface area contributed by atoms with Crippen molar-refractivity contribution in [2.24, 2.45) is 17.8 Å².